The second-order valence-electron chi connectivity index (χ2n) is 8.70. The molecule has 1 saturated heterocycles. The van der Waals surface area contributed by atoms with Gasteiger partial charge in [0.2, 0.25) is 0 Å². The molecule has 2 N–H and O–H groups in total. The van der Waals surface area contributed by atoms with E-state index in [-0.39, 0.29) is 17.5 Å². The van der Waals surface area contributed by atoms with Gasteiger partial charge in [-0.25, -0.2) is 18.6 Å². The van der Waals surface area contributed by atoms with Gasteiger partial charge < -0.3 is 19.9 Å². The first kappa shape index (κ1) is 21.0. The zero-order valence-electron chi connectivity index (χ0n) is 17.5. The summed E-state index contributed by atoms with van der Waals surface area (Å²) < 4.78 is 34.2. The summed E-state index contributed by atoms with van der Waals surface area (Å²) in [5.74, 6) is -0.116. The highest BCUT2D eigenvalue weighted by Gasteiger charge is 2.34. The highest BCUT2D eigenvalue weighted by atomic mass is 19.1. The van der Waals surface area contributed by atoms with Crippen LogP contribution in [0.5, 0.6) is 0 Å². The average molecular weight is 430 g/mol. The number of carbonyl (C=O) groups is 1. The van der Waals surface area contributed by atoms with Gasteiger partial charge in [-0.15, -0.1) is 0 Å². The Balaban J connectivity index is 1.62. The molecule has 4 rings (SSSR count). The van der Waals surface area contributed by atoms with Crippen LogP contribution in [0.25, 0.3) is 21.7 Å². The molecule has 0 bridgehead atoms. The van der Waals surface area contributed by atoms with Crippen molar-refractivity contribution in [2.75, 3.05) is 18.4 Å². The van der Waals surface area contributed by atoms with E-state index in [1.165, 1.54) is 29.3 Å². The number of nitrogens with one attached hydrogen (secondary N) is 2. The largest absolute Gasteiger partial charge is 0.444 e. The van der Waals surface area contributed by atoms with Crippen molar-refractivity contribution < 1.29 is 18.3 Å². The van der Waals surface area contributed by atoms with Crippen LogP contribution in [0.2, 0.25) is 0 Å². The van der Waals surface area contributed by atoms with Gasteiger partial charge in [0, 0.05) is 23.5 Å². The second kappa shape index (κ2) is 7.79. The number of piperidine rings is 1. The highest BCUT2D eigenvalue weighted by Crippen LogP contribution is 2.30. The summed E-state index contributed by atoms with van der Waals surface area (Å²) in [5, 5.41) is 4.31. The predicted octanol–water partition coefficient (Wildman–Crippen LogP) is 3.97. The van der Waals surface area contributed by atoms with Crippen molar-refractivity contribution in [1.82, 2.24) is 14.9 Å². The topological polar surface area (TPSA) is 87.3 Å². The Morgan fingerprint density at radius 3 is 2.77 bits per heavy atom. The Morgan fingerprint density at radius 2 is 2.06 bits per heavy atom. The van der Waals surface area contributed by atoms with Gasteiger partial charge in [0.25, 0.3) is 5.56 Å². The minimum atomic E-state index is -1.35. The van der Waals surface area contributed by atoms with Crippen LogP contribution < -0.4 is 10.9 Å². The maximum atomic E-state index is 15.0. The number of carbonyl (C=O) groups excluding carboxylic acids is 1. The lowest BCUT2D eigenvalue weighted by atomic mass is 10.0. The first-order valence-electron chi connectivity index (χ1n) is 10.1. The third kappa shape index (κ3) is 4.30. The molecule has 9 heteroatoms. The molecule has 0 spiro atoms. The van der Waals surface area contributed by atoms with Gasteiger partial charge in [-0.1, -0.05) is 0 Å². The Morgan fingerprint density at radius 1 is 1.29 bits per heavy atom. The predicted molar refractivity (Wildman–Crippen MR) is 115 cm³/mol. The van der Waals surface area contributed by atoms with E-state index in [9.17, 15) is 18.4 Å². The van der Waals surface area contributed by atoms with Crippen LogP contribution >= 0.6 is 0 Å². The van der Waals surface area contributed by atoms with Crippen molar-refractivity contribution in [3.63, 3.8) is 0 Å². The quantitative estimate of drug-likeness (QED) is 0.601. The van der Waals surface area contributed by atoms with Gasteiger partial charge in [0.1, 0.15) is 23.4 Å². The number of hydrogen-bond donors (Lipinski definition) is 2. The van der Waals surface area contributed by atoms with Crippen LogP contribution in [0.3, 0.4) is 0 Å². The van der Waals surface area contributed by atoms with Crippen molar-refractivity contribution in [2.24, 2.45) is 0 Å². The molecule has 0 radical (unpaired) electrons. The van der Waals surface area contributed by atoms with Gasteiger partial charge in [0.05, 0.1) is 23.5 Å². The second-order valence-corrected chi connectivity index (χ2v) is 8.70. The van der Waals surface area contributed by atoms with Crippen LogP contribution in [0.15, 0.2) is 35.3 Å². The molecule has 2 aromatic heterocycles. The molecular formula is C22H24F2N4O3. The molecule has 7 nitrogen and oxygen atoms in total. The number of alkyl halides is 1. The fraction of sp³-hybridized carbons (Fsp3) is 0.409. The minimum absolute atomic E-state index is 0.105. The van der Waals surface area contributed by atoms with Gasteiger partial charge in [-0.3, -0.25) is 4.79 Å². The number of likely N-dealkylation sites (tertiary alicyclic amines) is 1. The number of aromatic nitrogens is 2. The molecule has 0 unspecified atom stereocenters. The Kier molecular flexibility index (Phi) is 5.28. The summed E-state index contributed by atoms with van der Waals surface area (Å²) in [6.07, 6.45) is -0.0896. The lowest BCUT2D eigenvalue weighted by molar-refractivity contribution is 0.0125. The number of rotatable bonds is 2. The number of anilines is 1. The van der Waals surface area contributed by atoms with Gasteiger partial charge in [-0.05, 0) is 51.5 Å². The van der Waals surface area contributed by atoms with Crippen molar-refractivity contribution in [2.45, 2.75) is 45.0 Å². The zero-order chi connectivity index (χ0) is 22.3. The van der Waals surface area contributed by atoms with Gasteiger partial charge >= 0.3 is 6.09 Å². The van der Waals surface area contributed by atoms with Gasteiger partial charge in [0.15, 0.2) is 0 Å². The summed E-state index contributed by atoms with van der Waals surface area (Å²) in [6, 6.07) is 5.09. The smallest absolute Gasteiger partial charge is 0.410 e. The van der Waals surface area contributed by atoms with Crippen molar-refractivity contribution in [3.05, 3.63) is 46.6 Å². The van der Waals surface area contributed by atoms with Crippen molar-refractivity contribution in [1.29, 1.82) is 0 Å². The fourth-order valence-electron chi connectivity index (χ4n) is 3.78. The zero-order valence-corrected chi connectivity index (χ0v) is 17.5. The highest BCUT2D eigenvalue weighted by molar-refractivity contribution is 6.09. The van der Waals surface area contributed by atoms with Crippen LogP contribution in [0.1, 0.15) is 27.2 Å². The molecule has 1 fully saturated rings. The number of nitrogens with zero attached hydrogens (tertiary/aromatic N) is 2. The summed E-state index contributed by atoms with van der Waals surface area (Å²) in [6.45, 7) is 5.50. The van der Waals surface area contributed by atoms with E-state index >= 15 is 0 Å². The van der Waals surface area contributed by atoms with Crippen LogP contribution in [-0.4, -0.2) is 51.9 Å². The normalized spacial score (nSPS) is 19.6. The van der Waals surface area contributed by atoms with E-state index in [2.05, 4.69) is 15.3 Å². The van der Waals surface area contributed by atoms with E-state index in [4.69, 9.17) is 4.74 Å². The standard InChI is InChI=1S/C22H24F2N4O3/c1-22(2,3)31-21(30)28-9-7-16(15(24)11-28)26-19-13-5-4-12(23)10-14(13)18-17(27-19)6-8-25-20(18)29/h4-6,8,10,15-16H,7,9,11H2,1-3H3,(H,25,29)(H,26,27)/t15-,16-/m0/s1. The molecule has 0 saturated carbocycles. The Bertz CT molecular complexity index is 1210. The fourth-order valence-corrected chi connectivity index (χ4v) is 3.78. The number of pyridine rings is 2. The van der Waals surface area contributed by atoms with Crippen LogP contribution in [0.4, 0.5) is 19.4 Å². The molecule has 0 aliphatic carbocycles. The summed E-state index contributed by atoms with van der Waals surface area (Å²) in [5.41, 5.74) is -0.647. The molecule has 31 heavy (non-hydrogen) atoms. The Hall–Kier alpha value is -3.23. The first-order valence-corrected chi connectivity index (χ1v) is 10.1. The van der Waals surface area contributed by atoms with Crippen molar-refractivity contribution >= 4 is 33.6 Å². The molecule has 164 valence electrons. The molecule has 1 aromatic carbocycles. The number of ether oxygens (including phenoxy) is 1. The third-order valence-electron chi connectivity index (χ3n) is 5.19. The van der Waals surface area contributed by atoms with E-state index in [1.54, 1.807) is 26.8 Å². The first-order chi connectivity index (χ1) is 14.6. The molecular weight excluding hydrogens is 406 g/mol. The van der Waals surface area contributed by atoms with E-state index in [0.717, 1.165) is 0 Å². The average Bonchev–Trinajstić information content (AvgIpc) is 2.68. The molecule has 2 atom stereocenters. The van der Waals surface area contributed by atoms with E-state index in [0.29, 0.717) is 35.1 Å². The molecule has 1 aliphatic rings. The number of hydrogen-bond acceptors (Lipinski definition) is 5. The number of benzene rings is 1. The number of halogens is 2. The number of fused-ring (bicyclic) bond motifs is 3. The SMILES string of the molecule is CC(C)(C)OC(=O)N1CC[C@H](Nc2nc3cc[nH]c(=O)c3c3cc(F)ccc23)[C@@H](F)C1. The number of H-pyrrole nitrogens is 1. The number of amides is 1. The number of aromatic amines is 1. The minimum Gasteiger partial charge on any atom is -0.444 e. The van der Waals surface area contributed by atoms with E-state index in [1.807, 2.05) is 0 Å². The van der Waals surface area contributed by atoms with Crippen molar-refractivity contribution in [3.8, 4) is 0 Å². The van der Waals surface area contributed by atoms with E-state index < -0.39 is 29.7 Å². The monoisotopic (exact) mass is 430 g/mol. The molecule has 3 heterocycles. The molecule has 1 amide bonds. The maximum Gasteiger partial charge on any atom is 0.410 e. The third-order valence-corrected chi connectivity index (χ3v) is 5.19. The summed E-state index contributed by atoms with van der Waals surface area (Å²) >= 11 is 0. The molecule has 3 aromatic rings. The lowest BCUT2D eigenvalue weighted by Gasteiger charge is -2.36. The van der Waals surface area contributed by atoms with Gasteiger partial charge in [-0.2, -0.15) is 0 Å². The Labute approximate surface area is 177 Å². The summed E-state index contributed by atoms with van der Waals surface area (Å²) in [7, 11) is 0. The lowest BCUT2D eigenvalue weighted by Crippen LogP contribution is -2.51. The van der Waals surface area contributed by atoms with Crippen LogP contribution in [-0.2, 0) is 4.74 Å². The maximum absolute atomic E-state index is 15.0. The molecule has 1 aliphatic heterocycles. The summed E-state index contributed by atoms with van der Waals surface area (Å²) in [4.78, 5) is 33.0. The van der Waals surface area contributed by atoms with Crippen LogP contribution in [0, 0.1) is 5.82 Å².